The van der Waals surface area contributed by atoms with Gasteiger partial charge in [0.25, 0.3) is 5.91 Å². The molecule has 4 atom stereocenters. The van der Waals surface area contributed by atoms with Crippen molar-refractivity contribution in [3.63, 3.8) is 0 Å². The van der Waals surface area contributed by atoms with Gasteiger partial charge in [-0.05, 0) is 49.4 Å². The first-order chi connectivity index (χ1) is 18.5. The van der Waals surface area contributed by atoms with Gasteiger partial charge in [0.1, 0.15) is 43.4 Å². The first-order valence-electron chi connectivity index (χ1n) is 13.1. The molecule has 4 rings (SSSR count). The molecule has 0 fully saturated rings. The van der Waals surface area contributed by atoms with Gasteiger partial charge < -0.3 is 44.3 Å². The second kappa shape index (κ2) is 13.8. The maximum atomic E-state index is 13.7. The second-order valence-corrected chi connectivity index (χ2v) is 9.49. The first kappa shape index (κ1) is 28.1. The SMILES string of the molecule is O=C(c1cccc2c1OCCO2)N1CCCOc2ccccc2CCCCO[C@H]([C@H](O)CO)[C@H](O)[C@H](O)C1. The number of nitrogens with zero attached hydrogens (tertiary/aromatic N) is 1. The molecule has 0 saturated heterocycles. The lowest BCUT2D eigenvalue weighted by molar-refractivity contribution is -0.145. The fourth-order valence-electron chi connectivity index (χ4n) is 4.71. The van der Waals surface area contributed by atoms with Crippen molar-refractivity contribution in [3.05, 3.63) is 53.6 Å². The van der Waals surface area contributed by atoms with E-state index in [9.17, 15) is 25.2 Å². The summed E-state index contributed by atoms with van der Waals surface area (Å²) in [5.41, 5.74) is 1.34. The molecule has 0 aromatic heterocycles. The number of aliphatic hydroxyl groups excluding tert-OH is 4. The minimum atomic E-state index is -1.54. The minimum Gasteiger partial charge on any atom is -0.493 e. The smallest absolute Gasteiger partial charge is 0.257 e. The van der Waals surface area contributed by atoms with Gasteiger partial charge in [0.2, 0.25) is 0 Å². The zero-order valence-corrected chi connectivity index (χ0v) is 21.4. The van der Waals surface area contributed by atoms with E-state index in [1.165, 1.54) is 4.90 Å². The number of ether oxygens (including phenoxy) is 4. The Hall–Kier alpha value is -2.89. The largest absolute Gasteiger partial charge is 0.493 e. The van der Waals surface area contributed by atoms with E-state index in [4.69, 9.17) is 18.9 Å². The number of β-amino-alcohol motifs (C(OH)–C–C–N with tert-alkyl or cyclic N) is 1. The fourth-order valence-corrected chi connectivity index (χ4v) is 4.71. The summed E-state index contributed by atoms with van der Waals surface area (Å²) in [6.07, 6.45) is -2.97. The van der Waals surface area contributed by atoms with Gasteiger partial charge in [-0.3, -0.25) is 4.79 Å². The van der Waals surface area contributed by atoms with Gasteiger partial charge in [0, 0.05) is 19.7 Å². The van der Waals surface area contributed by atoms with Crippen LogP contribution in [0.2, 0.25) is 0 Å². The zero-order valence-electron chi connectivity index (χ0n) is 21.4. The van der Waals surface area contributed by atoms with Gasteiger partial charge in [-0.15, -0.1) is 0 Å². The Morgan fingerprint density at radius 1 is 0.921 bits per heavy atom. The highest BCUT2D eigenvalue weighted by molar-refractivity contribution is 5.98. The van der Waals surface area contributed by atoms with Gasteiger partial charge in [-0.1, -0.05) is 24.3 Å². The summed E-state index contributed by atoms with van der Waals surface area (Å²) in [4.78, 5) is 15.1. The van der Waals surface area contributed by atoms with Crippen LogP contribution in [0.1, 0.15) is 35.2 Å². The molecule has 2 aromatic carbocycles. The van der Waals surface area contributed by atoms with E-state index in [1.54, 1.807) is 18.2 Å². The van der Waals surface area contributed by atoms with Gasteiger partial charge in [-0.2, -0.15) is 0 Å². The lowest BCUT2D eigenvalue weighted by Crippen LogP contribution is -2.52. The van der Waals surface area contributed by atoms with E-state index in [1.807, 2.05) is 24.3 Å². The number of aliphatic hydroxyl groups is 4. The van der Waals surface area contributed by atoms with Crippen molar-refractivity contribution in [1.82, 2.24) is 4.90 Å². The molecule has 10 heteroatoms. The molecular formula is C28H37NO9. The Balaban J connectivity index is 1.58. The zero-order chi connectivity index (χ0) is 26.9. The number of rotatable bonds is 3. The Morgan fingerprint density at radius 2 is 1.68 bits per heavy atom. The van der Waals surface area contributed by atoms with Crippen molar-refractivity contribution in [1.29, 1.82) is 0 Å². The highest BCUT2D eigenvalue weighted by Crippen LogP contribution is 2.34. The Kier molecular flexibility index (Phi) is 10.2. The monoisotopic (exact) mass is 531 g/mol. The van der Waals surface area contributed by atoms with E-state index >= 15 is 0 Å². The lowest BCUT2D eigenvalue weighted by Gasteiger charge is -2.33. The van der Waals surface area contributed by atoms with Crippen LogP contribution >= 0.6 is 0 Å². The number of hydrogen-bond donors (Lipinski definition) is 4. The molecule has 4 N–H and O–H groups in total. The van der Waals surface area contributed by atoms with Crippen molar-refractivity contribution in [2.75, 3.05) is 46.1 Å². The summed E-state index contributed by atoms with van der Waals surface area (Å²) in [5, 5.41) is 41.6. The predicted molar refractivity (Wildman–Crippen MR) is 138 cm³/mol. The van der Waals surface area contributed by atoms with Crippen LogP contribution in [0.15, 0.2) is 42.5 Å². The molecule has 1 amide bonds. The molecule has 10 nitrogen and oxygen atoms in total. The quantitative estimate of drug-likeness (QED) is 0.460. The number of fused-ring (bicyclic) bond motifs is 2. The topological polar surface area (TPSA) is 138 Å². The summed E-state index contributed by atoms with van der Waals surface area (Å²) in [7, 11) is 0. The number of benzene rings is 2. The van der Waals surface area contributed by atoms with Crippen molar-refractivity contribution >= 4 is 5.91 Å². The maximum absolute atomic E-state index is 13.7. The molecule has 0 spiro atoms. The summed E-state index contributed by atoms with van der Waals surface area (Å²) >= 11 is 0. The summed E-state index contributed by atoms with van der Waals surface area (Å²) < 4.78 is 23.1. The fraction of sp³-hybridized carbons (Fsp3) is 0.536. The molecule has 2 aliphatic rings. The molecule has 2 aromatic rings. The number of para-hydroxylation sites is 2. The maximum Gasteiger partial charge on any atom is 0.257 e. The van der Waals surface area contributed by atoms with Crippen LogP contribution in [-0.2, 0) is 11.2 Å². The van der Waals surface area contributed by atoms with E-state index in [0.717, 1.165) is 24.2 Å². The molecule has 0 unspecified atom stereocenters. The van der Waals surface area contributed by atoms with E-state index in [2.05, 4.69) is 0 Å². The highest BCUT2D eigenvalue weighted by atomic mass is 16.6. The molecule has 2 heterocycles. The third-order valence-electron chi connectivity index (χ3n) is 6.74. The van der Waals surface area contributed by atoms with Gasteiger partial charge in [-0.25, -0.2) is 0 Å². The molecule has 208 valence electrons. The Labute approximate surface area is 222 Å². The summed E-state index contributed by atoms with van der Waals surface area (Å²) in [6.45, 7) is 0.597. The van der Waals surface area contributed by atoms with Crippen molar-refractivity contribution < 1.29 is 44.2 Å². The van der Waals surface area contributed by atoms with Gasteiger partial charge >= 0.3 is 0 Å². The van der Waals surface area contributed by atoms with Crippen LogP contribution in [0, 0.1) is 0 Å². The van der Waals surface area contributed by atoms with Crippen LogP contribution in [-0.4, -0.2) is 102 Å². The van der Waals surface area contributed by atoms with Crippen LogP contribution in [0.3, 0.4) is 0 Å². The number of carbonyl (C=O) groups excluding carboxylic acids is 1. The first-order valence-corrected chi connectivity index (χ1v) is 13.1. The summed E-state index contributed by atoms with van der Waals surface area (Å²) in [5.74, 6) is 1.19. The number of hydrogen-bond acceptors (Lipinski definition) is 9. The number of aryl methyl sites for hydroxylation is 1. The van der Waals surface area contributed by atoms with E-state index in [-0.39, 0.29) is 25.3 Å². The molecule has 0 radical (unpaired) electrons. The van der Waals surface area contributed by atoms with E-state index < -0.39 is 36.9 Å². The molecule has 0 saturated carbocycles. The molecule has 2 aliphatic heterocycles. The number of amides is 1. The van der Waals surface area contributed by atoms with Gasteiger partial charge in [0.15, 0.2) is 11.5 Å². The van der Waals surface area contributed by atoms with Crippen molar-refractivity contribution in [2.24, 2.45) is 0 Å². The standard InChI is InChI=1S/C28H37NO9/c30-18-22(32)27-25(33)21(31)17-29(28(34)20-9-5-11-24-26(20)38-16-15-36-24)12-6-14-35-23-10-2-1-7-19(23)8-3-4-13-37-27/h1-2,5,7,9-11,21-22,25,27,30-33H,3-4,6,8,12-18H2/t21-,22-,25-,27-/m1/s1. The molecular weight excluding hydrogens is 494 g/mol. The van der Waals surface area contributed by atoms with Crippen LogP contribution in [0.5, 0.6) is 17.2 Å². The molecule has 0 bridgehead atoms. The lowest BCUT2D eigenvalue weighted by atomic mass is 10.0. The van der Waals surface area contributed by atoms with Gasteiger partial charge in [0.05, 0.1) is 18.8 Å². The Bertz CT molecular complexity index is 1050. The third-order valence-corrected chi connectivity index (χ3v) is 6.74. The van der Waals surface area contributed by atoms with Crippen LogP contribution in [0.4, 0.5) is 0 Å². The van der Waals surface area contributed by atoms with Crippen LogP contribution in [0.25, 0.3) is 0 Å². The summed E-state index contributed by atoms with van der Waals surface area (Å²) in [6, 6.07) is 12.8. The average Bonchev–Trinajstić information content (AvgIpc) is 2.95. The Morgan fingerprint density at radius 3 is 2.53 bits per heavy atom. The predicted octanol–water partition coefficient (Wildman–Crippen LogP) is 1.17. The van der Waals surface area contributed by atoms with E-state index in [0.29, 0.717) is 44.2 Å². The van der Waals surface area contributed by atoms with Crippen LogP contribution < -0.4 is 14.2 Å². The minimum absolute atomic E-state index is 0.213. The normalized spacial score (nSPS) is 24.1. The van der Waals surface area contributed by atoms with Crippen molar-refractivity contribution in [3.8, 4) is 17.2 Å². The highest BCUT2D eigenvalue weighted by Gasteiger charge is 2.35. The molecule has 38 heavy (non-hydrogen) atoms. The number of carbonyl (C=O) groups is 1. The van der Waals surface area contributed by atoms with Crippen molar-refractivity contribution in [2.45, 2.75) is 50.1 Å². The average molecular weight is 532 g/mol. The third kappa shape index (κ3) is 6.95. The molecule has 0 aliphatic carbocycles. The second-order valence-electron chi connectivity index (χ2n) is 9.49.